The first-order valence-electron chi connectivity index (χ1n) is 13.4. The Kier molecular flexibility index (Phi) is 10.7. The standard InChI is InChI=1S/C30H33BrN2O8S/c31-26-10-5-4-9-25(26)27-30(29(37)32-22(19-35)20-36,15-18-42(38,39)24-7-2-1-3-8-24)33-28(41-27)21-11-13-23(14-12-21)40-17-6-16-34/h1-5,7-14,22,27,34-36H,6,15-20H2,(H,32,37)/t27-,30-/m1/s1. The monoisotopic (exact) mass is 660 g/mol. The molecular weight excluding hydrogens is 628 g/mol. The van der Waals surface area contributed by atoms with Gasteiger partial charge in [0.15, 0.2) is 21.5 Å². The van der Waals surface area contributed by atoms with E-state index in [4.69, 9.17) is 19.6 Å². The number of hydrogen-bond acceptors (Lipinski definition) is 9. The van der Waals surface area contributed by atoms with Crippen LogP contribution in [0.3, 0.4) is 0 Å². The van der Waals surface area contributed by atoms with Gasteiger partial charge in [0.05, 0.1) is 36.5 Å². The van der Waals surface area contributed by atoms with Gasteiger partial charge < -0.3 is 30.1 Å². The average Bonchev–Trinajstić information content (AvgIpc) is 3.40. The van der Waals surface area contributed by atoms with Crippen LogP contribution in [0.15, 0.2) is 93.2 Å². The molecule has 0 aliphatic carbocycles. The topological polar surface area (TPSA) is 155 Å². The Morgan fingerprint density at radius 2 is 1.67 bits per heavy atom. The summed E-state index contributed by atoms with van der Waals surface area (Å²) in [5.74, 6) is -0.431. The highest BCUT2D eigenvalue weighted by Gasteiger charge is 2.54. The number of sulfone groups is 1. The van der Waals surface area contributed by atoms with Gasteiger partial charge in [-0.3, -0.25) is 4.79 Å². The van der Waals surface area contributed by atoms with Gasteiger partial charge in [-0.15, -0.1) is 0 Å². The van der Waals surface area contributed by atoms with Crippen molar-refractivity contribution in [1.29, 1.82) is 0 Å². The predicted octanol–water partition coefficient (Wildman–Crippen LogP) is 2.80. The van der Waals surface area contributed by atoms with Crippen molar-refractivity contribution in [3.05, 3.63) is 94.5 Å². The van der Waals surface area contributed by atoms with Crippen LogP contribution in [0.5, 0.6) is 5.75 Å². The number of rotatable bonds is 14. The fraction of sp³-hybridized carbons (Fsp3) is 0.333. The van der Waals surface area contributed by atoms with Crippen LogP contribution >= 0.6 is 15.9 Å². The average molecular weight is 662 g/mol. The molecule has 0 unspecified atom stereocenters. The molecule has 4 rings (SSSR count). The Morgan fingerprint density at radius 3 is 2.31 bits per heavy atom. The summed E-state index contributed by atoms with van der Waals surface area (Å²) in [5.41, 5.74) is -0.681. The summed E-state index contributed by atoms with van der Waals surface area (Å²) in [5, 5.41) is 31.0. The van der Waals surface area contributed by atoms with Gasteiger partial charge in [-0.05, 0) is 42.5 Å². The molecule has 3 aromatic carbocycles. The van der Waals surface area contributed by atoms with Crippen LogP contribution in [0.4, 0.5) is 0 Å². The number of nitrogens with zero attached hydrogens (tertiary/aromatic N) is 1. The molecule has 4 N–H and O–H groups in total. The number of carbonyl (C=O) groups is 1. The zero-order chi connectivity index (χ0) is 30.2. The molecule has 0 bridgehead atoms. The second-order valence-corrected chi connectivity index (χ2v) is 12.7. The molecule has 0 saturated heterocycles. The van der Waals surface area contributed by atoms with Crippen molar-refractivity contribution >= 4 is 37.6 Å². The molecule has 12 heteroatoms. The van der Waals surface area contributed by atoms with Gasteiger partial charge in [-0.25, -0.2) is 13.4 Å². The molecule has 0 aromatic heterocycles. The summed E-state index contributed by atoms with van der Waals surface area (Å²) in [6, 6.07) is 20.9. The van der Waals surface area contributed by atoms with Crippen LogP contribution in [0.25, 0.3) is 0 Å². The van der Waals surface area contributed by atoms with Crippen molar-refractivity contribution in [2.75, 3.05) is 32.2 Å². The molecule has 42 heavy (non-hydrogen) atoms. The number of halogens is 1. The third-order valence-corrected chi connectivity index (χ3v) is 9.30. The minimum Gasteiger partial charge on any atom is -0.494 e. The van der Waals surface area contributed by atoms with E-state index >= 15 is 0 Å². The van der Waals surface area contributed by atoms with Crippen molar-refractivity contribution in [1.82, 2.24) is 5.32 Å². The lowest BCUT2D eigenvalue weighted by Crippen LogP contribution is -2.53. The number of ether oxygens (including phenoxy) is 2. The highest BCUT2D eigenvalue weighted by molar-refractivity contribution is 9.10. The fourth-order valence-electron chi connectivity index (χ4n) is 4.53. The van der Waals surface area contributed by atoms with Crippen LogP contribution < -0.4 is 10.1 Å². The van der Waals surface area contributed by atoms with Gasteiger partial charge in [-0.2, -0.15) is 0 Å². The highest BCUT2D eigenvalue weighted by atomic mass is 79.9. The van der Waals surface area contributed by atoms with E-state index in [0.717, 1.165) is 0 Å². The Hall–Kier alpha value is -3.29. The van der Waals surface area contributed by atoms with Crippen molar-refractivity contribution in [3.8, 4) is 5.75 Å². The Morgan fingerprint density at radius 1 is 1.00 bits per heavy atom. The number of nitrogens with one attached hydrogen (secondary N) is 1. The van der Waals surface area contributed by atoms with E-state index in [0.29, 0.717) is 34.4 Å². The van der Waals surface area contributed by atoms with Crippen molar-refractivity contribution < 1.29 is 38.0 Å². The summed E-state index contributed by atoms with van der Waals surface area (Å²) in [4.78, 5) is 18.9. The predicted molar refractivity (Wildman–Crippen MR) is 160 cm³/mol. The first-order valence-corrected chi connectivity index (χ1v) is 15.8. The van der Waals surface area contributed by atoms with E-state index in [9.17, 15) is 23.4 Å². The molecule has 0 saturated carbocycles. The third kappa shape index (κ3) is 7.19. The van der Waals surface area contributed by atoms with Gasteiger partial charge in [-0.1, -0.05) is 52.3 Å². The Bertz CT molecular complexity index is 1480. The van der Waals surface area contributed by atoms with Gasteiger partial charge in [0.1, 0.15) is 5.75 Å². The van der Waals surface area contributed by atoms with E-state index in [-0.39, 0.29) is 23.8 Å². The highest BCUT2D eigenvalue weighted by Crippen LogP contribution is 2.45. The lowest BCUT2D eigenvalue weighted by Gasteiger charge is -2.32. The van der Waals surface area contributed by atoms with E-state index < -0.39 is 52.4 Å². The van der Waals surface area contributed by atoms with Gasteiger partial charge in [0.25, 0.3) is 5.91 Å². The smallest absolute Gasteiger partial charge is 0.252 e. The second-order valence-electron chi connectivity index (χ2n) is 9.73. The van der Waals surface area contributed by atoms with Crippen LogP contribution in [0.1, 0.15) is 30.1 Å². The van der Waals surface area contributed by atoms with Gasteiger partial charge in [0.2, 0.25) is 5.90 Å². The van der Waals surface area contributed by atoms with E-state index in [2.05, 4.69) is 21.2 Å². The van der Waals surface area contributed by atoms with Crippen LogP contribution in [0.2, 0.25) is 0 Å². The number of hydrogen-bond donors (Lipinski definition) is 4. The zero-order valence-corrected chi connectivity index (χ0v) is 25.1. The van der Waals surface area contributed by atoms with E-state index in [1.807, 2.05) is 0 Å². The number of aliphatic imine (C=N–C) groups is 1. The Labute approximate surface area is 253 Å². The molecule has 1 aliphatic rings. The summed E-state index contributed by atoms with van der Waals surface area (Å²) in [6.45, 7) is -0.713. The van der Waals surface area contributed by atoms with Crippen LogP contribution in [-0.4, -0.2) is 79.3 Å². The Balaban J connectivity index is 1.79. The molecular formula is C30H33BrN2O8S. The van der Waals surface area contributed by atoms with E-state index in [1.54, 1.807) is 66.7 Å². The number of amides is 1. The maximum absolute atomic E-state index is 14.1. The summed E-state index contributed by atoms with van der Waals surface area (Å²) < 4.78 is 39.3. The van der Waals surface area contributed by atoms with Crippen LogP contribution in [-0.2, 0) is 19.4 Å². The minimum atomic E-state index is -3.82. The molecule has 2 atom stereocenters. The normalized spacial score (nSPS) is 18.4. The maximum atomic E-state index is 14.1. The number of aliphatic hydroxyl groups excluding tert-OH is 3. The van der Waals surface area contributed by atoms with Crippen molar-refractivity contribution in [2.24, 2.45) is 4.99 Å². The maximum Gasteiger partial charge on any atom is 0.252 e. The lowest BCUT2D eigenvalue weighted by molar-refractivity contribution is -0.130. The van der Waals surface area contributed by atoms with Crippen molar-refractivity contribution in [3.63, 3.8) is 0 Å². The minimum absolute atomic E-state index is 0.0106. The number of aliphatic hydroxyl groups is 3. The molecule has 1 amide bonds. The SMILES string of the molecule is O=C(NC(CO)CO)[C@]1(CCS(=O)(=O)c2ccccc2)N=C(c2ccc(OCCCO)cc2)O[C@@H]1c1ccccc1Br. The lowest BCUT2D eigenvalue weighted by atomic mass is 9.84. The van der Waals surface area contributed by atoms with Crippen LogP contribution in [0, 0.1) is 0 Å². The second kappa shape index (κ2) is 14.3. The molecule has 10 nitrogen and oxygen atoms in total. The molecule has 0 spiro atoms. The number of carbonyl (C=O) groups excluding carboxylic acids is 1. The largest absolute Gasteiger partial charge is 0.494 e. The molecule has 1 aliphatic heterocycles. The molecule has 224 valence electrons. The molecule has 0 fully saturated rings. The molecule has 1 heterocycles. The van der Waals surface area contributed by atoms with E-state index in [1.165, 1.54) is 12.1 Å². The first kappa shape index (κ1) is 31.6. The fourth-order valence-corrected chi connectivity index (χ4v) is 6.41. The summed E-state index contributed by atoms with van der Waals surface area (Å²) in [7, 11) is -3.82. The summed E-state index contributed by atoms with van der Waals surface area (Å²) in [6.07, 6.45) is -0.818. The zero-order valence-electron chi connectivity index (χ0n) is 22.7. The third-order valence-electron chi connectivity index (χ3n) is 6.85. The molecule has 3 aromatic rings. The molecule has 0 radical (unpaired) electrons. The quantitative estimate of drug-likeness (QED) is 0.193. The van der Waals surface area contributed by atoms with Gasteiger partial charge in [0, 0.05) is 35.0 Å². The van der Waals surface area contributed by atoms with Crippen molar-refractivity contribution in [2.45, 2.75) is 35.4 Å². The van der Waals surface area contributed by atoms with Gasteiger partial charge >= 0.3 is 0 Å². The first-order chi connectivity index (χ1) is 20.2. The number of benzene rings is 3. The summed E-state index contributed by atoms with van der Waals surface area (Å²) >= 11 is 3.53.